The first-order valence-electron chi connectivity index (χ1n) is 13.0. The highest BCUT2D eigenvalue weighted by molar-refractivity contribution is 5.26. The SMILES string of the molecule is C[C@H]1CO[C@@]2(O[C@H]3C[C@H]4[C@@H]5CC=C6C[C@@H](O)CC[C@]6(C)[C@H]5CC[C@]4(C)[C@H]3[C@@H]2C)[C@@H]1CO. The van der Waals surface area contributed by atoms with Crippen molar-refractivity contribution < 1.29 is 19.7 Å². The van der Waals surface area contributed by atoms with Crippen LogP contribution in [0.2, 0.25) is 0 Å². The van der Waals surface area contributed by atoms with Crippen LogP contribution < -0.4 is 0 Å². The van der Waals surface area contributed by atoms with Gasteiger partial charge in [0, 0.05) is 11.8 Å². The molecule has 1 spiro atoms. The van der Waals surface area contributed by atoms with Crippen LogP contribution in [-0.4, -0.2) is 41.4 Å². The van der Waals surface area contributed by atoms with Gasteiger partial charge in [0.1, 0.15) is 0 Å². The number of ether oxygens (including phenoxy) is 2. The van der Waals surface area contributed by atoms with Crippen LogP contribution in [0.25, 0.3) is 0 Å². The summed E-state index contributed by atoms with van der Waals surface area (Å²) in [6, 6.07) is 0. The van der Waals surface area contributed by atoms with Gasteiger partial charge in [-0.15, -0.1) is 0 Å². The third-order valence-electron chi connectivity index (χ3n) is 11.6. The van der Waals surface area contributed by atoms with Crippen molar-refractivity contribution in [3.63, 3.8) is 0 Å². The summed E-state index contributed by atoms with van der Waals surface area (Å²) in [6.45, 7) is 10.5. The third kappa shape index (κ3) is 2.57. The molecule has 0 bridgehead atoms. The molecule has 2 heterocycles. The zero-order chi connectivity index (χ0) is 21.8. The molecule has 0 aromatic rings. The van der Waals surface area contributed by atoms with Gasteiger partial charge in [-0.3, -0.25) is 0 Å². The topological polar surface area (TPSA) is 58.9 Å². The minimum absolute atomic E-state index is 0.0965. The Morgan fingerprint density at radius 3 is 2.71 bits per heavy atom. The van der Waals surface area contributed by atoms with Gasteiger partial charge in [-0.1, -0.05) is 39.3 Å². The first-order chi connectivity index (χ1) is 14.7. The second-order valence-corrected chi connectivity index (χ2v) is 12.7. The van der Waals surface area contributed by atoms with E-state index in [4.69, 9.17) is 9.47 Å². The maximum Gasteiger partial charge on any atom is 0.176 e. The molecule has 0 unspecified atom stereocenters. The molecular formula is C27H42O4. The van der Waals surface area contributed by atoms with Gasteiger partial charge in [-0.05, 0) is 85.4 Å². The van der Waals surface area contributed by atoms with Gasteiger partial charge in [0.05, 0.1) is 25.4 Å². The zero-order valence-corrected chi connectivity index (χ0v) is 19.8. The number of hydrogen-bond acceptors (Lipinski definition) is 4. The van der Waals surface area contributed by atoms with Crippen LogP contribution in [0.5, 0.6) is 0 Å². The van der Waals surface area contributed by atoms with Crippen molar-refractivity contribution in [1.82, 2.24) is 0 Å². The molecule has 31 heavy (non-hydrogen) atoms. The maximum absolute atomic E-state index is 10.3. The number of aliphatic hydroxyl groups is 2. The lowest BCUT2D eigenvalue weighted by molar-refractivity contribution is -0.246. The van der Waals surface area contributed by atoms with Gasteiger partial charge < -0.3 is 19.7 Å². The second kappa shape index (κ2) is 6.81. The Balaban J connectivity index is 1.31. The number of rotatable bonds is 1. The summed E-state index contributed by atoms with van der Waals surface area (Å²) in [5, 5.41) is 20.4. The third-order valence-corrected chi connectivity index (χ3v) is 11.6. The van der Waals surface area contributed by atoms with Gasteiger partial charge in [0.2, 0.25) is 0 Å². The minimum atomic E-state index is -0.570. The van der Waals surface area contributed by atoms with Crippen LogP contribution in [0.4, 0.5) is 0 Å². The molecule has 6 aliphatic rings. The van der Waals surface area contributed by atoms with Crippen molar-refractivity contribution in [2.75, 3.05) is 13.2 Å². The average Bonchev–Trinajstić information content (AvgIpc) is 3.32. The molecule has 6 rings (SSSR count). The minimum Gasteiger partial charge on any atom is -0.396 e. The van der Waals surface area contributed by atoms with Gasteiger partial charge in [0.15, 0.2) is 5.79 Å². The molecule has 2 N–H and O–H groups in total. The van der Waals surface area contributed by atoms with Gasteiger partial charge >= 0.3 is 0 Å². The van der Waals surface area contributed by atoms with E-state index in [0.29, 0.717) is 41.1 Å². The van der Waals surface area contributed by atoms with E-state index in [0.717, 1.165) is 37.5 Å². The van der Waals surface area contributed by atoms with Crippen LogP contribution >= 0.6 is 0 Å². The van der Waals surface area contributed by atoms with Gasteiger partial charge in [-0.25, -0.2) is 0 Å². The highest BCUT2D eigenvalue weighted by Gasteiger charge is 2.71. The van der Waals surface area contributed by atoms with E-state index in [9.17, 15) is 10.2 Å². The maximum atomic E-state index is 10.3. The van der Waals surface area contributed by atoms with Crippen LogP contribution in [0.1, 0.15) is 72.6 Å². The lowest BCUT2D eigenvalue weighted by atomic mass is 9.47. The van der Waals surface area contributed by atoms with Crippen molar-refractivity contribution in [2.45, 2.75) is 90.6 Å². The van der Waals surface area contributed by atoms with Gasteiger partial charge in [0.25, 0.3) is 0 Å². The van der Waals surface area contributed by atoms with E-state index in [-0.39, 0.29) is 24.7 Å². The van der Waals surface area contributed by atoms with Gasteiger partial charge in [-0.2, -0.15) is 0 Å². The largest absolute Gasteiger partial charge is 0.396 e. The molecule has 4 heteroatoms. The van der Waals surface area contributed by atoms with E-state index >= 15 is 0 Å². The second-order valence-electron chi connectivity index (χ2n) is 12.7. The van der Waals surface area contributed by atoms with Crippen LogP contribution in [0, 0.1) is 52.3 Å². The monoisotopic (exact) mass is 430 g/mol. The number of fused-ring (bicyclic) bond motifs is 7. The lowest BCUT2D eigenvalue weighted by Crippen LogP contribution is -2.52. The number of allylic oxidation sites excluding steroid dienone is 1. The molecule has 5 fully saturated rings. The molecule has 2 saturated heterocycles. The standard InChI is InChI=1S/C27H42O4/c1-15-14-30-27(22(15)13-28)16(2)24-23(31-27)12-21-19-6-5-17-11-18(29)7-9-25(17,3)20(19)8-10-26(21,24)4/h5,15-16,18-24,28-29H,6-14H2,1-4H3/t15-,16-,18-,19+,20-,21-,22+,23-,24-,25-,26-,27-/m0/s1. The Bertz CT molecular complexity index is 779. The first kappa shape index (κ1) is 21.1. The summed E-state index contributed by atoms with van der Waals surface area (Å²) in [7, 11) is 0. The van der Waals surface area contributed by atoms with Crippen LogP contribution in [0.3, 0.4) is 0 Å². The lowest BCUT2D eigenvalue weighted by Gasteiger charge is -2.58. The van der Waals surface area contributed by atoms with E-state index in [2.05, 4.69) is 33.8 Å². The van der Waals surface area contributed by atoms with E-state index in [1.165, 1.54) is 19.3 Å². The predicted molar refractivity (Wildman–Crippen MR) is 119 cm³/mol. The predicted octanol–water partition coefficient (Wildman–Crippen LogP) is 4.54. The summed E-state index contributed by atoms with van der Waals surface area (Å²) in [6.07, 6.45) is 10.6. The summed E-state index contributed by atoms with van der Waals surface area (Å²) in [5.41, 5.74) is 2.15. The Morgan fingerprint density at radius 2 is 1.94 bits per heavy atom. The number of hydrogen-bond donors (Lipinski definition) is 2. The van der Waals surface area contributed by atoms with E-state index in [1.807, 2.05) is 0 Å². The quantitative estimate of drug-likeness (QED) is 0.600. The first-order valence-corrected chi connectivity index (χ1v) is 13.0. The Morgan fingerprint density at radius 1 is 1.13 bits per heavy atom. The molecule has 0 amide bonds. The fraction of sp³-hybridized carbons (Fsp3) is 0.926. The van der Waals surface area contributed by atoms with Crippen molar-refractivity contribution in [1.29, 1.82) is 0 Å². The molecular weight excluding hydrogens is 388 g/mol. The average molecular weight is 431 g/mol. The van der Waals surface area contributed by atoms with Crippen LogP contribution in [-0.2, 0) is 9.47 Å². The fourth-order valence-corrected chi connectivity index (χ4v) is 10.1. The molecule has 0 aromatic heterocycles. The molecule has 12 atom stereocenters. The normalized spacial score (nSPS) is 60.3. The molecule has 3 saturated carbocycles. The van der Waals surface area contributed by atoms with Crippen molar-refractivity contribution in [2.24, 2.45) is 52.3 Å². The summed E-state index contributed by atoms with van der Waals surface area (Å²) >= 11 is 0. The van der Waals surface area contributed by atoms with Crippen molar-refractivity contribution in [3.05, 3.63) is 11.6 Å². The summed E-state index contributed by atoms with van der Waals surface area (Å²) in [5.74, 6) is 2.97. The van der Waals surface area contributed by atoms with Crippen LogP contribution in [0.15, 0.2) is 11.6 Å². The molecule has 2 aliphatic heterocycles. The molecule has 4 aliphatic carbocycles. The van der Waals surface area contributed by atoms with E-state index < -0.39 is 5.79 Å². The Labute approximate surface area is 187 Å². The summed E-state index contributed by atoms with van der Waals surface area (Å²) < 4.78 is 13.3. The highest BCUT2D eigenvalue weighted by atomic mass is 16.7. The smallest absolute Gasteiger partial charge is 0.176 e. The molecule has 174 valence electrons. The molecule has 0 radical (unpaired) electrons. The summed E-state index contributed by atoms with van der Waals surface area (Å²) in [4.78, 5) is 0. The number of aliphatic hydroxyl groups excluding tert-OH is 2. The fourth-order valence-electron chi connectivity index (χ4n) is 10.1. The highest BCUT2D eigenvalue weighted by Crippen LogP contribution is 2.71. The van der Waals surface area contributed by atoms with E-state index in [1.54, 1.807) is 5.57 Å². The van der Waals surface area contributed by atoms with Crippen molar-refractivity contribution in [3.8, 4) is 0 Å². The Hall–Kier alpha value is -0.420. The van der Waals surface area contributed by atoms with Crippen molar-refractivity contribution >= 4 is 0 Å². The zero-order valence-electron chi connectivity index (χ0n) is 19.8. The molecule has 0 aromatic carbocycles. The molecule has 4 nitrogen and oxygen atoms in total. The Kier molecular flexibility index (Phi) is 4.64.